The van der Waals surface area contributed by atoms with Crippen LogP contribution in [0.5, 0.6) is 5.75 Å². The monoisotopic (exact) mass is 363 g/mol. The largest absolute Gasteiger partial charge is 0.496 e. The minimum atomic E-state index is -0.354. The van der Waals surface area contributed by atoms with Crippen molar-refractivity contribution in [1.29, 1.82) is 0 Å². The molecule has 102 valence electrons. The third kappa shape index (κ3) is 2.94. The minimum Gasteiger partial charge on any atom is -0.496 e. The van der Waals surface area contributed by atoms with E-state index in [2.05, 4.69) is 21.2 Å². The molecule has 1 atom stereocenters. The lowest BCUT2D eigenvalue weighted by Gasteiger charge is -2.19. The van der Waals surface area contributed by atoms with Crippen LogP contribution in [0.15, 0.2) is 28.1 Å². The fourth-order valence-electron chi connectivity index (χ4n) is 1.89. The molecule has 1 aromatic heterocycles. The van der Waals surface area contributed by atoms with E-state index in [4.69, 9.17) is 16.3 Å². The van der Waals surface area contributed by atoms with Gasteiger partial charge in [-0.3, -0.25) is 0 Å². The lowest BCUT2D eigenvalue weighted by Crippen LogP contribution is -2.18. The number of methoxy groups -OCH3 is 1. The van der Waals surface area contributed by atoms with Crippen LogP contribution in [0.4, 0.5) is 4.39 Å². The lowest BCUT2D eigenvalue weighted by molar-refractivity contribution is 0.401. The molecule has 0 radical (unpaired) electrons. The summed E-state index contributed by atoms with van der Waals surface area (Å²) in [5.41, 5.74) is 0.836. The summed E-state index contributed by atoms with van der Waals surface area (Å²) in [6.45, 7) is 0. The first-order valence-corrected chi connectivity index (χ1v) is 7.56. The second-order valence-electron chi connectivity index (χ2n) is 3.86. The third-order valence-electron chi connectivity index (χ3n) is 2.78. The number of ether oxygens (including phenoxy) is 1. The Morgan fingerprint density at radius 2 is 2.21 bits per heavy atom. The van der Waals surface area contributed by atoms with E-state index in [1.165, 1.54) is 13.2 Å². The van der Waals surface area contributed by atoms with Crippen molar-refractivity contribution in [3.8, 4) is 5.75 Å². The van der Waals surface area contributed by atoms with Crippen molar-refractivity contribution < 1.29 is 9.13 Å². The SMILES string of the molecule is CNC(c1cc(Br)c(F)cc1OC)c1sccc1Cl. The van der Waals surface area contributed by atoms with Gasteiger partial charge < -0.3 is 10.1 Å². The van der Waals surface area contributed by atoms with Gasteiger partial charge in [-0.25, -0.2) is 4.39 Å². The third-order valence-corrected chi connectivity index (χ3v) is 4.81. The van der Waals surface area contributed by atoms with Gasteiger partial charge in [0.05, 0.1) is 22.6 Å². The summed E-state index contributed by atoms with van der Waals surface area (Å²) in [7, 11) is 3.35. The molecule has 0 aliphatic rings. The molecule has 2 nitrogen and oxygen atoms in total. The highest BCUT2D eigenvalue weighted by atomic mass is 79.9. The topological polar surface area (TPSA) is 21.3 Å². The van der Waals surface area contributed by atoms with Crippen LogP contribution in [0.2, 0.25) is 5.02 Å². The van der Waals surface area contributed by atoms with Crippen LogP contribution in [0.3, 0.4) is 0 Å². The Balaban J connectivity index is 2.55. The van der Waals surface area contributed by atoms with Crippen molar-refractivity contribution in [2.45, 2.75) is 6.04 Å². The van der Waals surface area contributed by atoms with Gasteiger partial charge in [0.2, 0.25) is 0 Å². The van der Waals surface area contributed by atoms with Crippen LogP contribution in [-0.4, -0.2) is 14.2 Å². The van der Waals surface area contributed by atoms with Crippen molar-refractivity contribution in [2.24, 2.45) is 0 Å². The number of hydrogen-bond acceptors (Lipinski definition) is 3. The maximum atomic E-state index is 13.6. The summed E-state index contributed by atoms with van der Waals surface area (Å²) >= 11 is 10.9. The molecule has 6 heteroatoms. The van der Waals surface area contributed by atoms with Crippen molar-refractivity contribution >= 4 is 38.9 Å². The van der Waals surface area contributed by atoms with Crippen LogP contribution >= 0.6 is 38.9 Å². The fraction of sp³-hybridized carbons (Fsp3) is 0.231. The van der Waals surface area contributed by atoms with Crippen molar-refractivity contribution in [3.05, 3.63) is 49.3 Å². The summed E-state index contributed by atoms with van der Waals surface area (Å²) in [6, 6.07) is 4.78. The first-order valence-electron chi connectivity index (χ1n) is 5.51. The van der Waals surface area contributed by atoms with Crippen LogP contribution in [0.25, 0.3) is 0 Å². The molecular formula is C13H12BrClFNOS. The van der Waals surface area contributed by atoms with Gasteiger partial charge >= 0.3 is 0 Å². The Morgan fingerprint density at radius 1 is 1.47 bits per heavy atom. The Kier molecular flexibility index (Phi) is 4.84. The Hall–Kier alpha value is -0.620. The summed E-state index contributed by atoms with van der Waals surface area (Å²) < 4.78 is 19.2. The summed E-state index contributed by atoms with van der Waals surface area (Å²) in [6.07, 6.45) is 0. The zero-order valence-corrected chi connectivity index (χ0v) is 13.5. The van der Waals surface area contributed by atoms with E-state index < -0.39 is 0 Å². The van der Waals surface area contributed by atoms with Gasteiger partial charge in [-0.1, -0.05) is 11.6 Å². The van der Waals surface area contributed by atoms with Gasteiger partial charge in [-0.05, 0) is 40.5 Å². The molecular weight excluding hydrogens is 353 g/mol. The number of hydrogen-bond donors (Lipinski definition) is 1. The maximum absolute atomic E-state index is 13.6. The molecule has 0 amide bonds. The van der Waals surface area contributed by atoms with Gasteiger partial charge in [0.25, 0.3) is 0 Å². The van der Waals surface area contributed by atoms with Gasteiger partial charge in [-0.2, -0.15) is 0 Å². The molecule has 0 spiro atoms. The van der Waals surface area contributed by atoms with E-state index in [9.17, 15) is 4.39 Å². The first-order chi connectivity index (χ1) is 9.08. The highest BCUT2D eigenvalue weighted by molar-refractivity contribution is 9.10. The van der Waals surface area contributed by atoms with E-state index in [0.717, 1.165) is 10.4 Å². The van der Waals surface area contributed by atoms with Crippen molar-refractivity contribution in [1.82, 2.24) is 5.32 Å². The Morgan fingerprint density at radius 3 is 2.74 bits per heavy atom. The average molecular weight is 365 g/mol. The van der Waals surface area contributed by atoms with Crippen LogP contribution in [-0.2, 0) is 0 Å². The van der Waals surface area contributed by atoms with E-state index in [0.29, 0.717) is 15.2 Å². The summed E-state index contributed by atoms with van der Waals surface area (Å²) in [5.74, 6) is 0.136. The van der Waals surface area contributed by atoms with Gasteiger partial charge in [-0.15, -0.1) is 11.3 Å². The second kappa shape index (κ2) is 6.22. The Labute approximate surface area is 128 Å². The molecule has 1 N–H and O–H groups in total. The number of nitrogens with one attached hydrogen (secondary N) is 1. The lowest BCUT2D eigenvalue weighted by atomic mass is 10.0. The number of benzene rings is 1. The second-order valence-corrected chi connectivity index (χ2v) is 6.07. The molecule has 0 saturated heterocycles. The predicted octanol–water partition coefficient (Wildman–Crippen LogP) is 4.62. The van der Waals surface area contributed by atoms with Crippen molar-refractivity contribution in [2.75, 3.05) is 14.2 Å². The smallest absolute Gasteiger partial charge is 0.141 e. The van der Waals surface area contributed by atoms with Gasteiger partial charge in [0.1, 0.15) is 11.6 Å². The molecule has 19 heavy (non-hydrogen) atoms. The number of thiophene rings is 1. The molecule has 2 aromatic rings. The average Bonchev–Trinajstić information content (AvgIpc) is 2.81. The van der Waals surface area contributed by atoms with E-state index in [1.54, 1.807) is 17.4 Å². The standard InChI is InChI=1S/C13H12BrClFNOS/c1-17-12(13-9(15)3-4-19-13)7-5-8(14)10(16)6-11(7)18-2/h3-6,12,17H,1-2H3. The summed E-state index contributed by atoms with van der Waals surface area (Å²) in [5, 5.41) is 5.80. The predicted molar refractivity (Wildman–Crippen MR) is 80.9 cm³/mol. The normalized spacial score (nSPS) is 12.5. The zero-order chi connectivity index (χ0) is 14.0. The van der Waals surface area contributed by atoms with E-state index in [1.807, 2.05) is 18.5 Å². The highest BCUT2D eigenvalue weighted by Gasteiger charge is 2.22. The highest BCUT2D eigenvalue weighted by Crippen LogP contribution is 2.38. The first kappa shape index (κ1) is 14.8. The minimum absolute atomic E-state index is 0.139. The Bertz CT molecular complexity index is 590. The molecule has 0 bridgehead atoms. The van der Waals surface area contributed by atoms with E-state index >= 15 is 0 Å². The van der Waals surface area contributed by atoms with Crippen molar-refractivity contribution in [3.63, 3.8) is 0 Å². The zero-order valence-electron chi connectivity index (χ0n) is 10.3. The fourth-order valence-corrected chi connectivity index (χ4v) is 3.54. The molecule has 0 fully saturated rings. The molecule has 1 unspecified atom stereocenters. The van der Waals surface area contributed by atoms with Crippen LogP contribution < -0.4 is 10.1 Å². The quantitative estimate of drug-likeness (QED) is 0.854. The number of halogens is 3. The van der Waals surface area contributed by atoms with E-state index in [-0.39, 0.29) is 11.9 Å². The van der Waals surface area contributed by atoms with Crippen LogP contribution in [0.1, 0.15) is 16.5 Å². The maximum Gasteiger partial charge on any atom is 0.141 e. The molecule has 0 aliphatic carbocycles. The molecule has 1 aromatic carbocycles. The molecule has 1 heterocycles. The van der Waals surface area contributed by atoms with Gasteiger partial charge in [0, 0.05) is 16.5 Å². The molecule has 2 rings (SSSR count). The molecule has 0 saturated carbocycles. The number of rotatable bonds is 4. The van der Waals surface area contributed by atoms with Crippen LogP contribution in [0, 0.1) is 5.82 Å². The van der Waals surface area contributed by atoms with Gasteiger partial charge in [0.15, 0.2) is 0 Å². The molecule has 0 aliphatic heterocycles. The summed E-state index contributed by atoms with van der Waals surface area (Å²) in [4.78, 5) is 0.973.